The van der Waals surface area contributed by atoms with Gasteiger partial charge in [0.15, 0.2) is 11.6 Å². The van der Waals surface area contributed by atoms with Gasteiger partial charge in [-0.1, -0.05) is 69.5 Å². The second kappa shape index (κ2) is 20.0. The van der Waals surface area contributed by atoms with E-state index in [9.17, 15) is 42.3 Å². The predicted molar refractivity (Wildman–Crippen MR) is 207 cm³/mol. The Labute approximate surface area is 333 Å². The molecule has 4 rings (SSSR count). The van der Waals surface area contributed by atoms with Gasteiger partial charge in [-0.25, -0.2) is 8.78 Å². The Kier molecular flexibility index (Phi) is 15.8. The van der Waals surface area contributed by atoms with Gasteiger partial charge in [0.25, 0.3) is 5.91 Å². The van der Waals surface area contributed by atoms with E-state index in [1.165, 1.54) is 4.90 Å². The number of likely N-dealkylation sites (tertiary alicyclic amines) is 1. The molecule has 0 spiro atoms. The van der Waals surface area contributed by atoms with Crippen LogP contribution in [0.15, 0.2) is 48.5 Å². The smallest absolute Gasteiger partial charge is 0.257 e. The molecule has 2 aliphatic rings. The molecule has 5 atom stereocenters. The molecule has 0 bridgehead atoms. The van der Waals surface area contributed by atoms with Crippen molar-refractivity contribution in [3.63, 3.8) is 0 Å². The largest absolute Gasteiger partial charge is 0.371 e. The molecular weight excluding hydrogens is 738 g/mol. The first-order chi connectivity index (χ1) is 26.9. The lowest BCUT2D eigenvalue weighted by Gasteiger charge is -2.35. The lowest BCUT2D eigenvalue weighted by atomic mass is 9.82. The van der Waals surface area contributed by atoms with Crippen LogP contribution in [-0.4, -0.2) is 76.2 Å². The first-order valence-electron chi connectivity index (χ1n) is 19.8. The molecule has 1 heterocycles. The molecule has 4 N–H and O–H groups in total. The van der Waals surface area contributed by atoms with Gasteiger partial charge in [-0.2, -0.15) is 0 Å². The Hall–Kier alpha value is -4.85. The molecule has 14 heteroatoms. The van der Waals surface area contributed by atoms with E-state index in [2.05, 4.69) is 10.6 Å². The second-order valence-corrected chi connectivity index (χ2v) is 16.6. The summed E-state index contributed by atoms with van der Waals surface area (Å²) >= 11 is 0. The molecule has 12 nitrogen and oxygen atoms in total. The molecular formula is C43H56F2N4O8. The summed E-state index contributed by atoms with van der Waals surface area (Å²) in [5.74, 6) is -8.96. The molecule has 2 fully saturated rings. The Balaban J connectivity index is 1.54. The zero-order valence-electron chi connectivity index (χ0n) is 33.5. The number of carbonyl (C=O) groups excluding carboxylic acids is 7. The summed E-state index contributed by atoms with van der Waals surface area (Å²) in [5.41, 5.74) is 4.49. The van der Waals surface area contributed by atoms with Crippen LogP contribution >= 0.6 is 0 Å². The van der Waals surface area contributed by atoms with Gasteiger partial charge >= 0.3 is 0 Å². The van der Waals surface area contributed by atoms with Gasteiger partial charge in [0, 0.05) is 38.1 Å². The molecule has 1 aliphatic heterocycles. The standard InChI is InChI=1S/C43H56F2N4O8/c1-25(2)21-28(39(53)33(50)19-20-35(52)47-37(40(46)54)26-13-8-6-9-14-26)22-34(51)32-23-29(57-43(3,4)5)24-49(32)42(56)38(27-15-10-7-11-16-27)48-41(55)36-30(44)17-12-18-31(36)45/h6,8-9,12-14,17-18,25,27-29,32,37-38H,7,10-11,15-16,19-24H2,1-5H3,(H2,46,54)(H,47,52)(H,48,55)/t28?,29-,32+,37+,38+/m1/s1. The molecule has 0 aromatic heterocycles. The zero-order chi connectivity index (χ0) is 42.0. The number of nitrogens with two attached hydrogens (primary N) is 1. The third kappa shape index (κ3) is 12.6. The number of nitrogens with zero attached hydrogens (tertiary/aromatic N) is 1. The molecule has 2 aromatic rings. The van der Waals surface area contributed by atoms with Gasteiger partial charge in [-0.15, -0.1) is 0 Å². The van der Waals surface area contributed by atoms with Crippen LogP contribution in [0, 0.1) is 29.4 Å². The number of hydrogen-bond donors (Lipinski definition) is 3. The number of Topliss-reactive ketones (excluding diaryl/α,β-unsaturated/α-hetero) is 3. The van der Waals surface area contributed by atoms with Crippen LogP contribution in [-0.2, 0) is 33.5 Å². The number of carbonyl (C=O) groups is 7. The van der Waals surface area contributed by atoms with Gasteiger partial charge in [0.1, 0.15) is 29.3 Å². The summed E-state index contributed by atoms with van der Waals surface area (Å²) < 4.78 is 35.6. The highest BCUT2D eigenvalue weighted by Gasteiger charge is 2.46. The van der Waals surface area contributed by atoms with Crippen LogP contribution in [0.4, 0.5) is 8.78 Å². The number of ether oxygens (including phenoxy) is 1. The average molecular weight is 795 g/mol. The van der Waals surface area contributed by atoms with E-state index in [1.807, 2.05) is 34.6 Å². The number of hydrogen-bond acceptors (Lipinski definition) is 8. The highest BCUT2D eigenvalue weighted by Crippen LogP contribution is 2.33. The maximum atomic E-state index is 14.7. The number of amides is 4. The number of halogens is 2. The van der Waals surface area contributed by atoms with Crippen LogP contribution in [0.2, 0.25) is 0 Å². The third-order valence-corrected chi connectivity index (χ3v) is 10.5. The maximum Gasteiger partial charge on any atom is 0.257 e. The topological polar surface area (TPSA) is 182 Å². The summed E-state index contributed by atoms with van der Waals surface area (Å²) in [7, 11) is 0. The number of benzene rings is 2. The van der Waals surface area contributed by atoms with Crippen LogP contribution in [0.3, 0.4) is 0 Å². The highest BCUT2D eigenvalue weighted by atomic mass is 19.1. The second-order valence-electron chi connectivity index (χ2n) is 16.6. The van der Waals surface area contributed by atoms with Crippen molar-refractivity contribution in [2.75, 3.05) is 6.54 Å². The van der Waals surface area contributed by atoms with Crippen molar-refractivity contribution in [3.05, 3.63) is 71.3 Å². The molecule has 4 amide bonds. The minimum Gasteiger partial charge on any atom is -0.371 e. The Morgan fingerprint density at radius 2 is 1.51 bits per heavy atom. The van der Waals surface area contributed by atoms with Gasteiger partial charge in [-0.05, 0) is 69.6 Å². The summed E-state index contributed by atoms with van der Waals surface area (Å²) in [6, 6.07) is 7.97. The average Bonchev–Trinajstić information content (AvgIpc) is 3.57. The van der Waals surface area contributed by atoms with Crippen molar-refractivity contribution < 1.29 is 47.1 Å². The van der Waals surface area contributed by atoms with Crippen LogP contribution in [0.25, 0.3) is 0 Å². The summed E-state index contributed by atoms with van der Waals surface area (Å²) in [4.78, 5) is 95.4. The fraction of sp³-hybridized carbons (Fsp3) is 0.558. The number of rotatable bonds is 18. The summed E-state index contributed by atoms with van der Waals surface area (Å²) in [6.07, 6.45) is 2.09. The fourth-order valence-electron chi connectivity index (χ4n) is 7.89. The van der Waals surface area contributed by atoms with Crippen molar-refractivity contribution >= 4 is 41.0 Å². The third-order valence-electron chi connectivity index (χ3n) is 10.5. The van der Waals surface area contributed by atoms with Crippen LogP contribution < -0.4 is 16.4 Å². The molecule has 0 radical (unpaired) electrons. The van der Waals surface area contributed by atoms with E-state index in [0.29, 0.717) is 18.4 Å². The van der Waals surface area contributed by atoms with Crippen molar-refractivity contribution in [2.45, 2.75) is 129 Å². The lowest BCUT2D eigenvalue weighted by molar-refractivity contribution is -0.143. The number of ketones is 3. The van der Waals surface area contributed by atoms with E-state index in [0.717, 1.165) is 37.5 Å². The quantitative estimate of drug-likeness (QED) is 0.170. The SMILES string of the molecule is CC(C)CC(CC(=O)[C@@H]1C[C@@H](OC(C)(C)C)CN1C(=O)[C@@H](NC(=O)c1c(F)cccc1F)C1CCCCC1)C(=O)C(=O)CCC(=O)N[C@H](C(N)=O)c1ccccc1. The van der Waals surface area contributed by atoms with Crippen LogP contribution in [0.1, 0.15) is 121 Å². The molecule has 310 valence electrons. The van der Waals surface area contributed by atoms with Gasteiger partial charge < -0.3 is 26.0 Å². The summed E-state index contributed by atoms with van der Waals surface area (Å²) in [5, 5.41) is 5.12. The molecule has 2 aromatic carbocycles. The van der Waals surface area contributed by atoms with Gasteiger partial charge in [0.05, 0.1) is 17.7 Å². The lowest BCUT2D eigenvalue weighted by Crippen LogP contribution is -2.55. The monoisotopic (exact) mass is 794 g/mol. The molecule has 1 saturated carbocycles. The molecule has 1 unspecified atom stereocenters. The minimum absolute atomic E-state index is 0.00816. The van der Waals surface area contributed by atoms with Crippen molar-refractivity contribution in [3.8, 4) is 0 Å². The Morgan fingerprint density at radius 1 is 0.877 bits per heavy atom. The maximum absolute atomic E-state index is 14.7. The highest BCUT2D eigenvalue weighted by molar-refractivity contribution is 6.38. The van der Waals surface area contributed by atoms with E-state index < -0.39 is 107 Å². The minimum atomic E-state index is -1.20. The number of primary amides is 1. The zero-order valence-corrected chi connectivity index (χ0v) is 33.5. The number of nitrogens with one attached hydrogen (secondary N) is 2. The first-order valence-corrected chi connectivity index (χ1v) is 19.8. The van der Waals surface area contributed by atoms with Gasteiger partial charge in [-0.3, -0.25) is 33.6 Å². The normalized spacial score (nSPS) is 19.1. The van der Waals surface area contributed by atoms with E-state index in [-0.39, 0.29) is 37.6 Å². The Morgan fingerprint density at radius 3 is 2.09 bits per heavy atom. The van der Waals surface area contributed by atoms with E-state index in [1.54, 1.807) is 30.3 Å². The molecule has 1 aliphatic carbocycles. The van der Waals surface area contributed by atoms with Gasteiger partial charge in [0.2, 0.25) is 23.5 Å². The first kappa shape index (κ1) is 44.9. The Bertz CT molecular complexity index is 1770. The molecule has 1 saturated heterocycles. The summed E-state index contributed by atoms with van der Waals surface area (Å²) in [6.45, 7) is 9.17. The van der Waals surface area contributed by atoms with Crippen molar-refractivity contribution in [2.24, 2.45) is 23.5 Å². The molecule has 57 heavy (non-hydrogen) atoms. The van der Waals surface area contributed by atoms with Crippen molar-refractivity contribution in [1.29, 1.82) is 0 Å². The van der Waals surface area contributed by atoms with Crippen LogP contribution in [0.5, 0.6) is 0 Å². The van der Waals surface area contributed by atoms with Crippen molar-refractivity contribution in [1.82, 2.24) is 15.5 Å². The van der Waals surface area contributed by atoms with E-state index >= 15 is 0 Å². The van der Waals surface area contributed by atoms with E-state index in [4.69, 9.17) is 10.5 Å². The fourth-order valence-corrected chi connectivity index (χ4v) is 7.89. The predicted octanol–water partition coefficient (Wildman–Crippen LogP) is 5.31.